The lowest BCUT2D eigenvalue weighted by Crippen LogP contribution is -2.54. The van der Waals surface area contributed by atoms with Crippen molar-refractivity contribution in [2.24, 2.45) is 0 Å². The number of ether oxygens (including phenoxy) is 2. The van der Waals surface area contributed by atoms with Crippen molar-refractivity contribution in [3.05, 3.63) is 199 Å². The summed E-state index contributed by atoms with van der Waals surface area (Å²) < 4.78 is 120. The molecular weight excluding hydrogens is 946 g/mol. The van der Waals surface area contributed by atoms with Crippen LogP contribution in [0.5, 0.6) is 0 Å². The summed E-state index contributed by atoms with van der Waals surface area (Å²) >= 11 is 24.4. The second-order valence-corrected chi connectivity index (χ2v) is 20.1. The van der Waals surface area contributed by atoms with Crippen LogP contribution in [0.25, 0.3) is 0 Å². The highest BCUT2D eigenvalue weighted by molar-refractivity contribution is 7.89. The zero-order valence-corrected chi connectivity index (χ0v) is 37.3. The van der Waals surface area contributed by atoms with Crippen LogP contribution in [0.3, 0.4) is 0 Å². The van der Waals surface area contributed by atoms with Crippen molar-refractivity contribution in [3.8, 4) is 0 Å². The molecule has 0 radical (unpaired) electrons. The van der Waals surface area contributed by atoms with E-state index in [0.29, 0.717) is 25.7 Å². The van der Waals surface area contributed by atoms with Crippen LogP contribution in [-0.2, 0) is 35.7 Å². The minimum absolute atomic E-state index is 0.0723. The van der Waals surface area contributed by atoms with E-state index in [0.717, 1.165) is 33.6 Å². The lowest BCUT2D eigenvalue weighted by molar-refractivity contribution is -0.140. The van der Waals surface area contributed by atoms with Gasteiger partial charge in [0.2, 0.25) is 20.0 Å². The maximum Gasteiger partial charge on any atom is 0.416 e. The van der Waals surface area contributed by atoms with Crippen LogP contribution in [-0.4, -0.2) is 63.8 Å². The van der Waals surface area contributed by atoms with Gasteiger partial charge in [0.25, 0.3) is 0 Å². The van der Waals surface area contributed by atoms with E-state index in [1.54, 1.807) is 78.9 Å². The van der Waals surface area contributed by atoms with Gasteiger partial charge in [-0.1, -0.05) is 119 Å². The zero-order valence-electron chi connectivity index (χ0n) is 32.7. The summed E-state index contributed by atoms with van der Waals surface area (Å²) in [7, 11) is -7.47. The summed E-state index contributed by atoms with van der Waals surface area (Å²) in [6.07, 6.45) is -7.09. The zero-order chi connectivity index (χ0) is 45.1. The molecule has 6 aromatic rings. The molecule has 2 aliphatic heterocycles. The predicted octanol–water partition coefficient (Wildman–Crippen LogP) is 11.5. The Hall–Kier alpha value is -4.06. The average Bonchev–Trinajstić information content (AvgIpc) is 3.21. The Kier molecular flexibility index (Phi) is 14.6. The first-order valence-corrected chi connectivity index (χ1v) is 23.5. The quantitative estimate of drug-likeness (QED) is 0.113. The molecule has 2 aliphatic rings. The molecule has 6 aromatic carbocycles. The molecule has 8 nitrogen and oxygen atoms in total. The normalized spacial score (nSPS) is 16.3. The molecule has 0 spiro atoms. The molecule has 0 aliphatic carbocycles. The van der Waals surface area contributed by atoms with Crippen LogP contribution in [0.2, 0.25) is 20.1 Å². The lowest BCUT2D eigenvalue weighted by atomic mass is 9.96. The SMILES string of the molecule is O=S(=O)(c1cccc(F)c1)N1CC(OC(c2ccc(Cl)cc2)c2ccccc2C(F)(F)F)C1.O=S(=O)(c1ccccc1)N1CC(OC(c2ccc(Cl)cc2)c2ccc(Cl)cc2Cl)C1. The Morgan fingerprint density at radius 3 is 1.49 bits per heavy atom. The van der Waals surface area contributed by atoms with Crippen molar-refractivity contribution in [3.63, 3.8) is 0 Å². The van der Waals surface area contributed by atoms with E-state index in [-0.39, 0.29) is 47.6 Å². The molecule has 2 heterocycles. The van der Waals surface area contributed by atoms with E-state index < -0.39 is 55.9 Å². The first-order chi connectivity index (χ1) is 29.9. The van der Waals surface area contributed by atoms with Gasteiger partial charge in [-0.2, -0.15) is 21.8 Å². The van der Waals surface area contributed by atoms with Gasteiger partial charge in [-0.05, 0) is 89.5 Å². The van der Waals surface area contributed by atoms with Crippen LogP contribution < -0.4 is 0 Å². The molecular formula is C45H36Cl4F4N2O6S2. The van der Waals surface area contributed by atoms with Crippen molar-refractivity contribution in [1.82, 2.24) is 8.61 Å². The first-order valence-electron chi connectivity index (χ1n) is 19.1. The van der Waals surface area contributed by atoms with Crippen LogP contribution in [0.15, 0.2) is 155 Å². The number of hydrogen-bond donors (Lipinski definition) is 0. The lowest BCUT2D eigenvalue weighted by Gasteiger charge is -2.40. The largest absolute Gasteiger partial charge is 0.416 e. The molecule has 2 fully saturated rings. The number of hydrogen-bond acceptors (Lipinski definition) is 6. The Labute approximate surface area is 382 Å². The van der Waals surface area contributed by atoms with Crippen LogP contribution >= 0.6 is 46.4 Å². The van der Waals surface area contributed by atoms with Gasteiger partial charge < -0.3 is 9.47 Å². The molecule has 0 bridgehead atoms. The third-order valence-corrected chi connectivity index (χ3v) is 15.0. The van der Waals surface area contributed by atoms with E-state index in [1.165, 1.54) is 34.6 Å². The highest BCUT2D eigenvalue weighted by Crippen LogP contribution is 2.41. The van der Waals surface area contributed by atoms with Crippen LogP contribution in [0.4, 0.5) is 17.6 Å². The van der Waals surface area contributed by atoms with Crippen molar-refractivity contribution in [1.29, 1.82) is 0 Å². The Balaban J connectivity index is 0.000000190. The molecule has 0 saturated carbocycles. The van der Waals surface area contributed by atoms with E-state index in [9.17, 15) is 34.4 Å². The maximum atomic E-state index is 13.7. The van der Waals surface area contributed by atoms with Crippen molar-refractivity contribution >= 4 is 66.5 Å². The fourth-order valence-corrected chi connectivity index (χ4v) is 10.7. The first kappa shape index (κ1) is 46.9. The number of nitrogens with zero attached hydrogens (tertiary/aromatic N) is 2. The number of sulfonamides is 2. The minimum atomic E-state index is -4.60. The van der Waals surface area contributed by atoms with E-state index in [2.05, 4.69) is 0 Å². The number of rotatable bonds is 12. The Morgan fingerprint density at radius 1 is 0.524 bits per heavy atom. The van der Waals surface area contributed by atoms with E-state index >= 15 is 0 Å². The highest BCUT2D eigenvalue weighted by atomic mass is 35.5. The summed E-state index contributed by atoms with van der Waals surface area (Å²) in [6.45, 7) is 0.396. The fraction of sp³-hybridized carbons (Fsp3) is 0.200. The topological polar surface area (TPSA) is 93.2 Å². The Morgan fingerprint density at radius 2 is 0.984 bits per heavy atom. The summed E-state index contributed by atoms with van der Waals surface area (Å²) in [5, 5.41) is 2.04. The maximum absolute atomic E-state index is 13.7. The van der Waals surface area contributed by atoms with Gasteiger partial charge in [0, 0.05) is 51.8 Å². The second kappa shape index (κ2) is 19.6. The number of benzene rings is 6. The minimum Gasteiger partial charge on any atom is -0.363 e. The van der Waals surface area contributed by atoms with Gasteiger partial charge in [0.05, 0.1) is 27.6 Å². The highest BCUT2D eigenvalue weighted by Gasteiger charge is 2.42. The summed E-state index contributed by atoms with van der Waals surface area (Å²) in [6, 6.07) is 36.9. The van der Waals surface area contributed by atoms with E-state index in [4.69, 9.17) is 55.9 Å². The summed E-state index contributed by atoms with van der Waals surface area (Å²) in [5.41, 5.74) is 1.15. The van der Waals surface area contributed by atoms with Gasteiger partial charge in [-0.25, -0.2) is 21.2 Å². The van der Waals surface area contributed by atoms with E-state index in [1.807, 2.05) is 18.2 Å². The third-order valence-electron chi connectivity index (χ3n) is 10.2. The molecule has 2 saturated heterocycles. The van der Waals surface area contributed by atoms with Crippen molar-refractivity contribution < 1.29 is 43.9 Å². The summed E-state index contributed by atoms with van der Waals surface area (Å²) in [4.78, 5) is 0.0797. The molecule has 18 heteroatoms. The molecule has 0 amide bonds. The van der Waals surface area contributed by atoms with Gasteiger partial charge in [0.1, 0.15) is 18.0 Å². The van der Waals surface area contributed by atoms with Crippen molar-refractivity contribution in [2.75, 3.05) is 26.2 Å². The standard InChI is InChI=1S/C23H18ClF4NO3S.C22H18Cl3NO3S/c24-16-10-8-15(9-11-16)22(20-6-1-2-7-21(20)23(26,27)28)32-18-13-29(14-18)33(30,31)19-5-3-4-17(25)12-19;23-16-8-6-15(7-9-16)22(20-11-10-17(24)12-21(20)25)29-18-13-26(14-18)30(27,28)19-4-2-1-3-5-19/h1-12,18,22H,13-14H2;1-12,18,22H,13-14H2. The van der Waals surface area contributed by atoms with Crippen LogP contribution in [0, 0.1) is 5.82 Å². The third kappa shape index (κ3) is 11.1. The van der Waals surface area contributed by atoms with Gasteiger partial charge in [-0.15, -0.1) is 0 Å². The Bertz CT molecular complexity index is 2760. The number of halogens is 8. The molecule has 0 aromatic heterocycles. The average molecular weight is 983 g/mol. The molecule has 2 unspecified atom stereocenters. The van der Waals surface area contributed by atoms with Crippen LogP contribution in [0.1, 0.15) is 40.0 Å². The molecule has 2 atom stereocenters. The van der Waals surface area contributed by atoms with Crippen molar-refractivity contribution in [2.45, 2.75) is 40.4 Å². The number of alkyl halides is 3. The molecule has 0 N–H and O–H groups in total. The van der Waals surface area contributed by atoms with Gasteiger partial charge >= 0.3 is 6.18 Å². The smallest absolute Gasteiger partial charge is 0.363 e. The van der Waals surface area contributed by atoms with Gasteiger partial charge in [0.15, 0.2) is 0 Å². The predicted molar refractivity (Wildman–Crippen MR) is 235 cm³/mol. The molecule has 63 heavy (non-hydrogen) atoms. The molecule has 8 rings (SSSR count). The summed E-state index contributed by atoms with van der Waals surface area (Å²) in [5.74, 6) is -0.684. The second-order valence-electron chi connectivity index (χ2n) is 14.5. The monoisotopic (exact) mass is 980 g/mol. The van der Waals surface area contributed by atoms with Gasteiger partial charge in [-0.3, -0.25) is 0 Å². The molecule has 330 valence electrons. The fourth-order valence-electron chi connectivity index (χ4n) is 6.91.